The summed E-state index contributed by atoms with van der Waals surface area (Å²) in [5.74, 6) is -7.73. The van der Waals surface area contributed by atoms with Crippen molar-refractivity contribution in [3.63, 3.8) is 0 Å². The van der Waals surface area contributed by atoms with Crippen molar-refractivity contribution < 1.29 is 40.6 Å². The second kappa shape index (κ2) is 6.61. The van der Waals surface area contributed by atoms with E-state index < -0.39 is 35.3 Å². The van der Waals surface area contributed by atoms with Crippen LogP contribution < -0.4 is 4.74 Å². The Morgan fingerprint density at radius 1 is 1.08 bits per heavy atom. The number of rotatable bonds is 4. The molecule has 0 fully saturated rings. The van der Waals surface area contributed by atoms with E-state index in [9.17, 15) is 31.1 Å². The highest BCUT2D eigenvalue weighted by Gasteiger charge is 2.58. The molecule has 0 saturated heterocycles. The molecule has 0 N–H and O–H groups in total. The summed E-state index contributed by atoms with van der Waals surface area (Å²) in [6, 6.07) is 3.40. The SMILES string of the molecule is COC(=O)c1cnc(Oc2ccc(C(F)(F)C(F)(F)F)cc2)c(F)c1. The summed E-state index contributed by atoms with van der Waals surface area (Å²) in [5, 5.41) is 0. The van der Waals surface area contributed by atoms with Crippen molar-refractivity contribution in [2.75, 3.05) is 7.11 Å². The van der Waals surface area contributed by atoms with E-state index in [0.29, 0.717) is 12.1 Å². The quantitative estimate of drug-likeness (QED) is 0.593. The molecule has 2 rings (SSSR count). The highest BCUT2D eigenvalue weighted by atomic mass is 19.4. The zero-order valence-corrected chi connectivity index (χ0v) is 12.4. The fraction of sp³-hybridized carbons (Fsp3) is 0.200. The van der Waals surface area contributed by atoms with Crippen molar-refractivity contribution in [1.29, 1.82) is 0 Å². The Balaban J connectivity index is 2.21. The number of alkyl halides is 5. The minimum Gasteiger partial charge on any atom is -0.465 e. The molecule has 0 aliphatic carbocycles. The van der Waals surface area contributed by atoms with Gasteiger partial charge in [0.2, 0.25) is 0 Å². The number of benzene rings is 1. The predicted octanol–water partition coefficient (Wildman–Crippen LogP) is 4.45. The van der Waals surface area contributed by atoms with Crippen LogP contribution in [0.25, 0.3) is 0 Å². The predicted molar refractivity (Wildman–Crippen MR) is 72.0 cm³/mol. The van der Waals surface area contributed by atoms with Crippen LogP contribution in [0.3, 0.4) is 0 Å². The normalized spacial score (nSPS) is 12.0. The molecule has 134 valence electrons. The van der Waals surface area contributed by atoms with Gasteiger partial charge in [-0.3, -0.25) is 0 Å². The topological polar surface area (TPSA) is 48.4 Å². The Morgan fingerprint density at radius 3 is 2.16 bits per heavy atom. The molecule has 1 heterocycles. The maximum absolute atomic E-state index is 13.8. The average molecular weight is 365 g/mol. The first-order valence-corrected chi connectivity index (χ1v) is 6.53. The maximum Gasteiger partial charge on any atom is 0.458 e. The average Bonchev–Trinajstić information content (AvgIpc) is 2.55. The summed E-state index contributed by atoms with van der Waals surface area (Å²) in [4.78, 5) is 14.7. The largest absolute Gasteiger partial charge is 0.465 e. The van der Waals surface area contributed by atoms with E-state index in [1.807, 2.05) is 0 Å². The van der Waals surface area contributed by atoms with Gasteiger partial charge in [-0.25, -0.2) is 14.2 Å². The molecule has 0 radical (unpaired) electrons. The third-order valence-corrected chi connectivity index (χ3v) is 3.02. The number of carbonyl (C=O) groups is 1. The molecule has 0 saturated carbocycles. The fourth-order valence-corrected chi connectivity index (χ4v) is 1.74. The van der Waals surface area contributed by atoms with Crippen LogP contribution in [0, 0.1) is 5.82 Å². The summed E-state index contributed by atoms with van der Waals surface area (Å²) < 4.78 is 86.3. The second-order valence-corrected chi connectivity index (χ2v) is 4.70. The molecule has 4 nitrogen and oxygen atoms in total. The van der Waals surface area contributed by atoms with Crippen molar-refractivity contribution in [3.05, 3.63) is 53.5 Å². The summed E-state index contributed by atoms with van der Waals surface area (Å²) >= 11 is 0. The van der Waals surface area contributed by atoms with Crippen LogP contribution >= 0.6 is 0 Å². The number of nitrogens with zero attached hydrogens (tertiary/aromatic N) is 1. The highest BCUT2D eigenvalue weighted by molar-refractivity contribution is 5.88. The minimum absolute atomic E-state index is 0.187. The van der Waals surface area contributed by atoms with Gasteiger partial charge in [-0.1, -0.05) is 0 Å². The van der Waals surface area contributed by atoms with Crippen molar-refractivity contribution in [1.82, 2.24) is 4.98 Å². The third-order valence-electron chi connectivity index (χ3n) is 3.02. The Hall–Kier alpha value is -2.78. The first-order valence-electron chi connectivity index (χ1n) is 6.53. The molecule has 0 amide bonds. The van der Waals surface area contributed by atoms with Crippen LogP contribution in [0.4, 0.5) is 26.3 Å². The number of ether oxygens (including phenoxy) is 2. The van der Waals surface area contributed by atoms with Gasteiger partial charge in [0.1, 0.15) is 5.75 Å². The van der Waals surface area contributed by atoms with Gasteiger partial charge >= 0.3 is 18.1 Å². The summed E-state index contributed by atoms with van der Waals surface area (Å²) in [6.07, 6.45) is -4.79. The van der Waals surface area contributed by atoms with Gasteiger partial charge in [-0.05, 0) is 30.3 Å². The van der Waals surface area contributed by atoms with Gasteiger partial charge in [-0.15, -0.1) is 0 Å². The van der Waals surface area contributed by atoms with Crippen LogP contribution in [0.2, 0.25) is 0 Å². The third kappa shape index (κ3) is 3.83. The highest BCUT2D eigenvalue weighted by Crippen LogP contribution is 2.44. The standard InChI is InChI=1S/C15H9F6NO3/c1-24-13(23)8-6-11(16)12(22-7-8)25-10-4-2-9(3-5-10)14(17,18)15(19,20)21/h2-7H,1H3. The number of hydrogen-bond donors (Lipinski definition) is 0. The summed E-state index contributed by atoms with van der Waals surface area (Å²) in [6.45, 7) is 0. The molecule has 0 atom stereocenters. The zero-order chi connectivity index (χ0) is 18.8. The molecule has 0 aliphatic heterocycles. The van der Waals surface area contributed by atoms with E-state index in [2.05, 4.69) is 9.72 Å². The van der Waals surface area contributed by atoms with Gasteiger partial charge in [0, 0.05) is 11.8 Å². The molecule has 0 aliphatic rings. The smallest absolute Gasteiger partial charge is 0.458 e. The van der Waals surface area contributed by atoms with Crippen LogP contribution in [0.5, 0.6) is 11.6 Å². The van der Waals surface area contributed by atoms with E-state index in [1.165, 1.54) is 0 Å². The molecule has 1 aromatic carbocycles. The lowest BCUT2D eigenvalue weighted by atomic mass is 10.1. The molecular formula is C15H9F6NO3. The van der Waals surface area contributed by atoms with Gasteiger partial charge in [-0.2, -0.15) is 22.0 Å². The Kier molecular flexibility index (Phi) is 4.91. The minimum atomic E-state index is -5.74. The maximum atomic E-state index is 13.8. The van der Waals surface area contributed by atoms with Gasteiger partial charge < -0.3 is 9.47 Å². The Bertz CT molecular complexity index is 774. The molecule has 10 heteroatoms. The Labute approximate surface area is 137 Å². The van der Waals surface area contributed by atoms with E-state index >= 15 is 0 Å². The lowest BCUT2D eigenvalue weighted by Crippen LogP contribution is -2.33. The van der Waals surface area contributed by atoms with E-state index in [-0.39, 0.29) is 11.3 Å². The lowest BCUT2D eigenvalue weighted by Gasteiger charge is -2.19. The van der Waals surface area contributed by atoms with Gasteiger partial charge in [0.15, 0.2) is 5.82 Å². The number of carbonyl (C=O) groups excluding carboxylic acids is 1. The number of pyridine rings is 1. The Morgan fingerprint density at radius 2 is 1.68 bits per heavy atom. The van der Waals surface area contributed by atoms with Crippen LogP contribution in [-0.4, -0.2) is 24.2 Å². The fourth-order valence-electron chi connectivity index (χ4n) is 1.74. The first kappa shape index (κ1) is 18.6. The van der Waals surface area contributed by atoms with E-state index in [1.54, 1.807) is 0 Å². The summed E-state index contributed by atoms with van der Waals surface area (Å²) in [7, 11) is 1.09. The monoisotopic (exact) mass is 365 g/mol. The molecule has 0 spiro atoms. The molecule has 0 bridgehead atoms. The molecule has 25 heavy (non-hydrogen) atoms. The van der Waals surface area contributed by atoms with Crippen LogP contribution in [0.15, 0.2) is 36.5 Å². The summed E-state index contributed by atoms with van der Waals surface area (Å²) in [5.41, 5.74) is -1.48. The molecular weight excluding hydrogens is 356 g/mol. The van der Waals surface area contributed by atoms with Crippen molar-refractivity contribution in [3.8, 4) is 11.6 Å². The number of methoxy groups -OCH3 is 1. The van der Waals surface area contributed by atoms with Crippen molar-refractivity contribution in [2.24, 2.45) is 0 Å². The van der Waals surface area contributed by atoms with Gasteiger partial charge in [0.05, 0.1) is 12.7 Å². The first-order chi connectivity index (χ1) is 11.6. The van der Waals surface area contributed by atoms with Crippen molar-refractivity contribution >= 4 is 5.97 Å². The number of halogens is 6. The second-order valence-electron chi connectivity index (χ2n) is 4.70. The van der Waals surface area contributed by atoms with Gasteiger partial charge in [0.25, 0.3) is 5.88 Å². The molecule has 2 aromatic rings. The van der Waals surface area contributed by atoms with Crippen LogP contribution in [0.1, 0.15) is 15.9 Å². The van der Waals surface area contributed by atoms with E-state index in [0.717, 1.165) is 31.5 Å². The number of hydrogen-bond acceptors (Lipinski definition) is 4. The number of esters is 1. The molecule has 1 aromatic heterocycles. The van der Waals surface area contributed by atoms with Crippen molar-refractivity contribution in [2.45, 2.75) is 12.1 Å². The zero-order valence-electron chi connectivity index (χ0n) is 12.4. The molecule has 0 unspecified atom stereocenters. The van der Waals surface area contributed by atoms with E-state index in [4.69, 9.17) is 4.74 Å². The van der Waals surface area contributed by atoms with Crippen LogP contribution in [-0.2, 0) is 10.7 Å². The lowest BCUT2D eigenvalue weighted by molar-refractivity contribution is -0.289. The number of aromatic nitrogens is 1.